The Bertz CT molecular complexity index is 1270. The number of aryl methyl sites for hydroxylation is 1. The Morgan fingerprint density at radius 2 is 1.62 bits per heavy atom. The van der Waals surface area contributed by atoms with Crippen LogP contribution in [-0.2, 0) is 23.0 Å². The van der Waals surface area contributed by atoms with Gasteiger partial charge < -0.3 is 14.4 Å². The van der Waals surface area contributed by atoms with E-state index in [0.717, 1.165) is 19.3 Å². The molecule has 0 saturated carbocycles. The number of rotatable bonds is 7. The van der Waals surface area contributed by atoms with E-state index in [1.165, 1.54) is 44.9 Å². The molecule has 0 bridgehead atoms. The van der Waals surface area contributed by atoms with Gasteiger partial charge >= 0.3 is 0 Å². The number of ether oxygens (including phenoxy) is 1. The molecule has 34 heavy (non-hydrogen) atoms. The van der Waals surface area contributed by atoms with Crippen LogP contribution < -0.4 is 0 Å². The quantitative estimate of drug-likeness (QED) is 0.309. The average Bonchev–Trinajstić information content (AvgIpc) is 3.23. The molecule has 0 saturated heterocycles. The summed E-state index contributed by atoms with van der Waals surface area (Å²) in [4.78, 5) is 0. The molecule has 1 N–H and O–H groups in total. The van der Waals surface area contributed by atoms with Crippen molar-refractivity contribution >= 4 is 0 Å². The highest BCUT2D eigenvalue weighted by atomic mass is 16.6. The van der Waals surface area contributed by atoms with Crippen LogP contribution in [0.1, 0.15) is 43.5 Å². The molecule has 1 aliphatic rings. The minimum absolute atomic E-state index is 0.0653. The molecule has 5 rings (SSSR count). The Kier molecular flexibility index (Phi) is 6.16. The van der Waals surface area contributed by atoms with Crippen LogP contribution in [0.25, 0.3) is 28.1 Å². The number of aliphatic hydroxyl groups excluding tert-OH is 1. The summed E-state index contributed by atoms with van der Waals surface area (Å²) < 4.78 is 7.42. The fraction of sp³-hybridized carbons (Fsp3) is 0.290. The maximum atomic E-state index is 9.64. The lowest BCUT2D eigenvalue weighted by molar-refractivity contribution is -0.0789. The Balaban J connectivity index is 1.58. The third-order valence-corrected chi connectivity index (χ3v) is 7.11. The summed E-state index contributed by atoms with van der Waals surface area (Å²) in [5.41, 5.74) is 10.5. The van der Waals surface area contributed by atoms with E-state index in [2.05, 4.69) is 103 Å². The van der Waals surface area contributed by atoms with Crippen LogP contribution in [0, 0.1) is 0 Å². The van der Waals surface area contributed by atoms with Crippen LogP contribution >= 0.6 is 0 Å². The second kappa shape index (κ2) is 9.25. The van der Waals surface area contributed by atoms with Gasteiger partial charge in [0.15, 0.2) is 6.29 Å². The molecule has 1 aromatic heterocycles. The van der Waals surface area contributed by atoms with E-state index >= 15 is 0 Å². The van der Waals surface area contributed by atoms with E-state index in [1.807, 2.05) is 0 Å². The molecular weight excluding hydrogens is 418 g/mol. The largest absolute Gasteiger partial charge is 0.368 e. The topological polar surface area (TPSA) is 34.4 Å². The van der Waals surface area contributed by atoms with Crippen molar-refractivity contribution in [3.05, 3.63) is 102 Å². The van der Waals surface area contributed by atoms with Crippen molar-refractivity contribution in [2.75, 3.05) is 7.11 Å². The zero-order valence-corrected chi connectivity index (χ0v) is 20.3. The van der Waals surface area contributed by atoms with Crippen LogP contribution in [0.5, 0.6) is 0 Å². The predicted molar refractivity (Wildman–Crippen MR) is 139 cm³/mol. The average molecular weight is 452 g/mol. The van der Waals surface area contributed by atoms with Gasteiger partial charge in [0, 0.05) is 24.1 Å². The van der Waals surface area contributed by atoms with Gasteiger partial charge in [0.2, 0.25) is 0 Å². The summed E-state index contributed by atoms with van der Waals surface area (Å²) in [6, 6.07) is 30.8. The van der Waals surface area contributed by atoms with Gasteiger partial charge in [-0.15, -0.1) is 0 Å². The molecule has 1 atom stereocenters. The third-order valence-electron chi connectivity index (χ3n) is 7.11. The molecule has 174 valence electrons. The zero-order valence-electron chi connectivity index (χ0n) is 20.3. The van der Waals surface area contributed by atoms with Crippen molar-refractivity contribution in [3.8, 4) is 28.1 Å². The molecular formula is C31H33NO2. The highest BCUT2D eigenvalue weighted by molar-refractivity contribution is 5.81. The molecule has 1 heterocycles. The molecule has 0 fully saturated rings. The lowest BCUT2D eigenvalue weighted by Gasteiger charge is -2.33. The van der Waals surface area contributed by atoms with Crippen LogP contribution in [-0.4, -0.2) is 23.1 Å². The standard InChI is InChI=1S/C31H33NO2/c1-31(2)21-29-26(25-13-7-8-14-27(25)31)20-28(23-11-5-4-6-12-23)32(29)24-18-16-22(17-19-24)10-9-15-30(33)34-3/h4-8,11-14,16-20,30,33H,9-10,15,21H2,1-3H3. The second-order valence-electron chi connectivity index (χ2n) is 9.95. The van der Waals surface area contributed by atoms with E-state index in [1.54, 1.807) is 7.11 Å². The molecule has 1 unspecified atom stereocenters. The van der Waals surface area contributed by atoms with Crippen molar-refractivity contribution in [3.63, 3.8) is 0 Å². The summed E-state index contributed by atoms with van der Waals surface area (Å²) >= 11 is 0. The molecule has 3 aromatic carbocycles. The second-order valence-corrected chi connectivity index (χ2v) is 9.95. The van der Waals surface area contributed by atoms with Gasteiger partial charge in [0.25, 0.3) is 0 Å². The number of aliphatic hydroxyl groups is 1. The molecule has 1 aliphatic carbocycles. The number of fused-ring (bicyclic) bond motifs is 3. The van der Waals surface area contributed by atoms with E-state index in [0.29, 0.717) is 6.42 Å². The summed E-state index contributed by atoms with van der Waals surface area (Å²) in [5, 5.41) is 9.64. The highest BCUT2D eigenvalue weighted by Gasteiger charge is 2.34. The Hall–Kier alpha value is -3.14. The Morgan fingerprint density at radius 1 is 0.912 bits per heavy atom. The normalized spacial score (nSPS) is 14.9. The lowest BCUT2D eigenvalue weighted by Crippen LogP contribution is -2.26. The minimum Gasteiger partial charge on any atom is -0.368 e. The first-order valence-corrected chi connectivity index (χ1v) is 12.2. The first-order chi connectivity index (χ1) is 16.5. The Morgan fingerprint density at radius 3 is 2.35 bits per heavy atom. The van der Waals surface area contributed by atoms with Crippen LogP contribution in [0.2, 0.25) is 0 Å². The summed E-state index contributed by atoms with van der Waals surface area (Å²) in [5.74, 6) is 0. The van der Waals surface area contributed by atoms with Gasteiger partial charge in [-0.05, 0) is 71.6 Å². The monoisotopic (exact) mass is 451 g/mol. The zero-order chi connectivity index (χ0) is 23.7. The maximum absolute atomic E-state index is 9.64. The Labute approximate surface area is 202 Å². The van der Waals surface area contributed by atoms with E-state index in [-0.39, 0.29) is 5.41 Å². The molecule has 3 heteroatoms. The van der Waals surface area contributed by atoms with Crippen LogP contribution in [0.4, 0.5) is 0 Å². The first-order valence-electron chi connectivity index (χ1n) is 12.2. The molecule has 3 nitrogen and oxygen atoms in total. The van der Waals surface area contributed by atoms with Crippen molar-refractivity contribution in [1.29, 1.82) is 0 Å². The van der Waals surface area contributed by atoms with Gasteiger partial charge in [-0.1, -0.05) is 80.6 Å². The SMILES string of the molecule is COC(O)CCCc1ccc(-n2c(-c3ccccc3)cc3c2CC(C)(C)c2ccccc2-3)cc1. The predicted octanol–water partition coefficient (Wildman–Crippen LogP) is 6.93. The summed E-state index contributed by atoms with van der Waals surface area (Å²) in [6.07, 6.45) is 2.79. The molecule has 0 radical (unpaired) electrons. The van der Waals surface area contributed by atoms with Crippen molar-refractivity contribution in [1.82, 2.24) is 4.57 Å². The fourth-order valence-electron chi connectivity index (χ4n) is 5.31. The number of nitrogens with zero attached hydrogens (tertiary/aromatic N) is 1. The number of hydrogen-bond acceptors (Lipinski definition) is 2. The van der Waals surface area contributed by atoms with Gasteiger partial charge in [0.1, 0.15) is 0 Å². The van der Waals surface area contributed by atoms with Crippen LogP contribution in [0.3, 0.4) is 0 Å². The van der Waals surface area contributed by atoms with Gasteiger partial charge in [0.05, 0.1) is 5.69 Å². The molecule has 4 aromatic rings. The van der Waals surface area contributed by atoms with Crippen molar-refractivity contribution < 1.29 is 9.84 Å². The summed E-state index contributed by atoms with van der Waals surface area (Å²) in [7, 11) is 1.54. The smallest absolute Gasteiger partial charge is 0.154 e. The number of aromatic nitrogens is 1. The number of methoxy groups -OCH3 is 1. The van der Waals surface area contributed by atoms with Gasteiger partial charge in [-0.25, -0.2) is 0 Å². The van der Waals surface area contributed by atoms with E-state index < -0.39 is 6.29 Å². The number of hydrogen-bond donors (Lipinski definition) is 1. The molecule has 0 spiro atoms. The number of benzene rings is 3. The highest BCUT2D eigenvalue weighted by Crippen LogP contribution is 2.46. The molecule has 0 amide bonds. The van der Waals surface area contributed by atoms with E-state index in [9.17, 15) is 5.11 Å². The van der Waals surface area contributed by atoms with Crippen molar-refractivity contribution in [2.24, 2.45) is 0 Å². The third kappa shape index (κ3) is 4.22. The van der Waals surface area contributed by atoms with Gasteiger partial charge in [-0.2, -0.15) is 0 Å². The minimum atomic E-state index is -0.676. The van der Waals surface area contributed by atoms with Crippen molar-refractivity contribution in [2.45, 2.75) is 51.2 Å². The van der Waals surface area contributed by atoms with Crippen LogP contribution in [0.15, 0.2) is 84.9 Å². The summed E-state index contributed by atoms with van der Waals surface area (Å²) in [6.45, 7) is 4.71. The first kappa shape index (κ1) is 22.6. The van der Waals surface area contributed by atoms with E-state index in [4.69, 9.17) is 4.74 Å². The van der Waals surface area contributed by atoms with Gasteiger partial charge in [-0.3, -0.25) is 0 Å². The maximum Gasteiger partial charge on any atom is 0.154 e. The fourth-order valence-corrected chi connectivity index (χ4v) is 5.31. The molecule has 0 aliphatic heterocycles. The lowest BCUT2D eigenvalue weighted by atomic mass is 9.72.